The van der Waals surface area contributed by atoms with Crippen molar-refractivity contribution in [1.82, 2.24) is 0 Å². The fourth-order valence-electron chi connectivity index (χ4n) is 1.02. The predicted octanol–water partition coefficient (Wildman–Crippen LogP) is 0.886. The Kier molecular flexibility index (Phi) is 3.03. The monoisotopic (exact) mass is 177 g/mol. The van der Waals surface area contributed by atoms with Gasteiger partial charge in [-0.3, -0.25) is 9.79 Å². The van der Waals surface area contributed by atoms with Crippen LogP contribution in [0.25, 0.3) is 0 Å². The highest BCUT2D eigenvalue weighted by molar-refractivity contribution is 5.92. The van der Waals surface area contributed by atoms with E-state index >= 15 is 0 Å². The number of anilines is 2. The van der Waals surface area contributed by atoms with Crippen molar-refractivity contribution in [2.24, 2.45) is 4.99 Å². The van der Waals surface area contributed by atoms with Gasteiger partial charge in [-0.25, -0.2) is 0 Å². The van der Waals surface area contributed by atoms with Crippen LogP contribution in [0.2, 0.25) is 0 Å². The van der Waals surface area contributed by atoms with Crippen molar-refractivity contribution in [1.29, 1.82) is 0 Å². The maximum Gasteiger partial charge on any atom is 0.211 e. The van der Waals surface area contributed by atoms with E-state index in [-0.39, 0.29) is 0 Å². The van der Waals surface area contributed by atoms with E-state index in [0.29, 0.717) is 17.8 Å². The molecule has 0 fully saturated rings. The van der Waals surface area contributed by atoms with Crippen LogP contribution >= 0.6 is 0 Å². The van der Waals surface area contributed by atoms with Crippen LogP contribution in [-0.2, 0) is 4.79 Å². The lowest BCUT2D eigenvalue weighted by molar-refractivity contribution is -0.105. The van der Waals surface area contributed by atoms with Gasteiger partial charge in [0, 0.05) is 30.2 Å². The topological polar surface area (TPSA) is 67.5 Å². The summed E-state index contributed by atoms with van der Waals surface area (Å²) in [6.07, 6.45) is 2.26. The van der Waals surface area contributed by atoms with E-state index in [1.54, 1.807) is 31.5 Å². The summed E-state index contributed by atoms with van der Waals surface area (Å²) >= 11 is 0. The molecule has 0 bridgehead atoms. The molecule has 13 heavy (non-hydrogen) atoms. The molecule has 1 aromatic carbocycles. The average Bonchev–Trinajstić information content (AvgIpc) is 2.10. The second kappa shape index (κ2) is 4.25. The van der Waals surface area contributed by atoms with Crippen molar-refractivity contribution in [2.75, 3.05) is 18.1 Å². The van der Waals surface area contributed by atoms with Crippen molar-refractivity contribution in [3.63, 3.8) is 0 Å². The van der Waals surface area contributed by atoms with Crippen LogP contribution in [0.5, 0.6) is 0 Å². The summed E-state index contributed by atoms with van der Waals surface area (Å²) < 4.78 is 0. The number of carbonyl (C=O) groups is 1. The lowest BCUT2D eigenvalue weighted by atomic mass is 10.1. The molecule has 0 unspecified atom stereocenters. The molecule has 0 atom stereocenters. The number of rotatable bonds is 3. The largest absolute Gasteiger partial charge is 0.399 e. The van der Waals surface area contributed by atoms with E-state index in [0.717, 1.165) is 5.56 Å². The number of nitrogens with one attached hydrogen (secondary N) is 1. The Morgan fingerprint density at radius 3 is 2.92 bits per heavy atom. The molecule has 0 radical (unpaired) electrons. The highest BCUT2D eigenvalue weighted by Gasteiger charge is 1.98. The molecule has 0 saturated heterocycles. The third-order valence-electron chi connectivity index (χ3n) is 1.56. The van der Waals surface area contributed by atoms with Crippen molar-refractivity contribution < 1.29 is 4.79 Å². The Morgan fingerprint density at radius 1 is 1.54 bits per heavy atom. The quantitative estimate of drug-likeness (QED) is 0.409. The van der Waals surface area contributed by atoms with Gasteiger partial charge in [0.1, 0.15) is 0 Å². The van der Waals surface area contributed by atoms with Gasteiger partial charge in [0.25, 0.3) is 0 Å². The van der Waals surface area contributed by atoms with Gasteiger partial charge in [0.05, 0.1) is 0 Å². The highest BCUT2D eigenvalue weighted by Crippen LogP contribution is 2.16. The molecule has 0 aliphatic heterocycles. The van der Waals surface area contributed by atoms with Crippen molar-refractivity contribution >= 4 is 24.0 Å². The van der Waals surface area contributed by atoms with Crippen LogP contribution in [0.4, 0.5) is 11.4 Å². The fourth-order valence-corrected chi connectivity index (χ4v) is 1.02. The maximum atomic E-state index is 10.2. The summed E-state index contributed by atoms with van der Waals surface area (Å²) in [5.41, 5.74) is 7.72. The predicted molar refractivity (Wildman–Crippen MR) is 54.1 cm³/mol. The summed E-state index contributed by atoms with van der Waals surface area (Å²) in [4.78, 5) is 14.1. The van der Waals surface area contributed by atoms with Crippen LogP contribution in [0.1, 0.15) is 5.56 Å². The first kappa shape index (κ1) is 9.25. The van der Waals surface area contributed by atoms with Crippen LogP contribution in [0.15, 0.2) is 23.2 Å². The fraction of sp³-hybridized carbons (Fsp3) is 0.111. The Hall–Kier alpha value is -1.84. The van der Waals surface area contributed by atoms with E-state index in [9.17, 15) is 4.79 Å². The Bertz CT molecular complexity index is 334. The maximum absolute atomic E-state index is 10.2. The number of nitrogen functional groups attached to an aromatic ring is 1. The van der Waals surface area contributed by atoms with Crippen LogP contribution < -0.4 is 11.1 Å². The van der Waals surface area contributed by atoms with E-state index < -0.39 is 0 Å². The molecule has 0 heterocycles. The van der Waals surface area contributed by atoms with Gasteiger partial charge in [0.2, 0.25) is 6.41 Å². The molecule has 1 rings (SSSR count). The molecule has 68 valence electrons. The molecular formula is C9H11N3O. The second-order valence-electron chi connectivity index (χ2n) is 2.50. The third-order valence-corrected chi connectivity index (χ3v) is 1.56. The number of carbonyl (C=O) groups excluding carboxylic acids is 1. The first-order chi connectivity index (χ1) is 6.27. The van der Waals surface area contributed by atoms with Crippen molar-refractivity contribution in [3.8, 4) is 0 Å². The van der Waals surface area contributed by atoms with Crippen LogP contribution in [0, 0.1) is 0 Å². The minimum absolute atomic E-state index is 0.624. The van der Waals surface area contributed by atoms with Gasteiger partial charge < -0.3 is 11.1 Å². The Morgan fingerprint density at radius 2 is 2.31 bits per heavy atom. The standard InChI is InChI=1S/C9H11N3O/c1-11-5-7-4-8(10)2-3-9(7)12-6-13/h2-6H,10H2,1H3,(H,12,13). The molecule has 0 aromatic heterocycles. The van der Waals surface area contributed by atoms with E-state index in [1.165, 1.54) is 0 Å². The highest BCUT2D eigenvalue weighted by atomic mass is 16.1. The number of nitrogens with two attached hydrogens (primary N) is 1. The minimum atomic E-state index is 0.624. The zero-order valence-corrected chi connectivity index (χ0v) is 7.32. The summed E-state index contributed by atoms with van der Waals surface area (Å²) in [6.45, 7) is 0. The Balaban J connectivity index is 3.09. The molecule has 0 aliphatic rings. The van der Waals surface area contributed by atoms with Crippen molar-refractivity contribution in [2.45, 2.75) is 0 Å². The summed E-state index contributed by atoms with van der Waals surface area (Å²) in [6, 6.07) is 5.21. The summed E-state index contributed by atoms with van der Waals surface area (Å²) in [5, 5.41) is 2.56. The second-order valence-corrected chi connectivity index (χ2v) is 2.50. The number of hydrogen-bond acceptors (Lipinski definition) is 3. The molecule has 3 N–H and O–H groups in total. The van der Waals surface area contributed by atoms with Crippen molar-refractivity contribution in [3.05, 3.63) is 23.8 Å². The lowest BCUT2D eigenvalue weighted by Crippen LogP contribution is -1.99. The molecule has 4 heteroatoms. The van der Waals surface area contributed by atoms with E-state index in [4.69, 9.17) is 5.73 Å². The van der Waals surface area contributed by atoms with Gasteiger partial charge >= 0.3 is 0 Å². The van der Waals surface area contributed by atoms with E-state index in [1.807, 2.05) is 0 Å². The molecule has 4 nitrogen and oxygen atoms in total. The van der Waals surface area contributed by atoms with Crippen LogP contribution in [0.3, 0.4) is 0 Å². The molecular weight excluding hydrogens is 166 g/mol. The SMILES string of the molecule is CN=Cc1cc(N)ccc1NC=O. The first-order valence-corrected chi connectivity index (χ1v) is 3.80. The number of aliphatic imine (C=N–C) groups is 1. The van der Waals surface area contributed by atoms with Gasteiger partial charge in [-0.05, 0) is 18.2 Å². The summed E-state index contributed by atoms with van der Waals surface area (Å²) in [5.74, 6) is 0. The number of benzene rings is 1. The molecule has 0 aliphatic carbocycles. The van der Waals surface area contributed by atoms with Gasteiger partial charge in [-0.15, -0.1) is 0 Å². The normalized spacial score (nSPS) is 10.2. The zero-order valence-electron chi connectivity index (χ0n) is 7.32. The van der Waals surface area contributed by atoms with Gasteiger partial charge in [-0.2, -0.15) is 0 Å². The molecule has 1 amide bonds. The Labute approximate surface area is 76.5 Å². The van der Waals surface area contributed by atoms with Crippen LogP contribution in [-0.4, -0.2) is 19.7 Å². The smallest absolute Gasteiger partial charge is 0.211 e. The third kappa shape index (κ3) is 2.30. The lowest BCUT2D eigenvalue weighted by Gasteiger charge is -2.04. The molecule has 0 saturated carbocycles. The van der Waals surface area contributed by atoms with Gasteiger partial charge in [-0.1, -0.05) is 0 Å². The average molecular weight is 177 g/mol. The van der Waals surface area contributed by atoms with Gasteiger partial charge in [0.15, 0.2) is 0 Å². The molecule has 1 aromatic rings. The zero-order chi connectivity index (χ0) is 9.68. The van der Waals surface area contributed by atoms with E-state index in [2.05, 4.69) is 10.3 Å². The number of nitrogens with zero attached hydrogens (tertiary/aromatic N) is 1. The summed E-state index contributed by atoms with van der Waals surface area (Å²) in [7, 11) is 1.66. The first-order valence-electron chi connectivity index (χ1n) is 3.80. The number of amides is 1. The molecule has 0 spiro atoms. The number of hydrogen-bond donors (Lipinski definition) is 2. The minimum Gasteiger partial charge on any atom is -0.399 e.